The number of aldehydes is 1. The molecule has 0 aliphatic carbocycles. The van der Waals surface area contributed by atoms with Crippen LogP contribution in [0.1, 0.15) is 78.6 Å². The van der Waals surface area contributed by atoms with Crippen molar-refractivity contribution in [2.45, 2.75) is 95.0 Å². The van der Waals surface area contributed by atoms with Crippen LogP contribution in [0.2, 0.25) is 0 Å². The maximum absolute atomic E-state index is 11.5. The number of nitrogens with zero attached hydrogens (tertiary/aromatic N) is 17. The topological polar surface area (TPSA) is 503 Å². The first-order chi connectivity index (χ1) is 45.3. The van der Waals surface area contributed by atoms with E-state index in [1.54, 1.807) is 11.8 Å². The number of ether oxygens (including phenoxy) is 4. The van der Waals surface area contributed by atoms with Crippen molar-refractivity contribution in [1.29, 1.82) is 5.26 Å². The third-order valence-electron chi connectivity index (χ3n) is 17.1. The molecule has 36 nitrogen and oxygen atoms in total. The molecule has 14 N–H and O–H groups in total. The van der Waals surface area contributed by atoms with Crippen LogP contribution in [0.3, 0.4) is 0 Å². The van der Waals surface area contributed by atoms with Gasteiger partial charge in [-0.2, -0.15) is 30.4 Å². The molecule has 6 aliphatic heterocycles. The number of rotatable bonds is 15. The molecule has 14 heterocycles. The molecule has 0 aromatic carbocycles. The Labute approximate surface area is 592 Å². The van der Waals surface area contributed by atoms with Crippen LogP contribution in [0.5, 0.6) is 11.8 Å². The summed E-state index contributed by atoms with van der Waals surface area (Å²) in [5.74, 6) is 0.896. The van der Waals surface area contributed by atoms with Crippen LogP contribution in [0.4, 0.5) is 5.82 Å². The zero-order valence-electron chi connectivity index (χ0n) is 54.0. The summed E-state index contributed by atoms with van der Waals surface area (Å²) in [6.45, 7) is 12.7. The molecule has 2 unspecified atom stereocenters. The van der Waals surface area contributed by atoms with Gasteiger partial charge in [-0.1, -0.05) is 0 Å². The SMILES string of the molecule is COc1ncnc2c(C=O)n(C3CCCCO3)nc12.COc1ncnc2c(CN3C[C@H](CO)[C@H](O)C3)n(C3CCCCO3)nc12.Cl.Cl.Nc1ncnc2c(CN3C[C@H](CO)[C@H](O)C3)[nH]nc12.O=c1[nH]cnc2c(CN3C[C@H](CO)[C@H](O)C3)[nH]nc12.OC[C@H]1CNC[C@H]1O.[B].[C-]#N.[Na+]. The Balaban J connectivity index is 0.000000222. The van der Waals surface area contributed by atoms with Gasteiger partial charge in [-0.05, 0) is 38.5 Å². The van der Waals surface area contributed by atoms with E-state index in [2.05, 4.69) is 80.5 Å². The Hall–Kier alpha value is -6.36. The summed E-state index contributed by atoms with van der Waals surface area (Å²) < 4.78 is 25.6. The van der Waals surface area contributed by atoms with Crippen molar-refractivity contribution in [2.75, 3.05) is 112 Å². The second kappa shape index (κ2) is 39.4. The van der Waals surface area contributed by atoms with Gasteiger partial charge in [-0.3, -0.25) is 34.5 Å². The van der Waals surface area contributed by atoms with Gasteiger partial charge >= 0.3 is 29.6 Å². The van der Waals surface area contributed by atoms with Crippen molar-refractivity contribution < 1.29 is 94.2 Å². The third kappa shape index (κ3) is 19.6. The van der Waals surface area contributed by atoms with Crippen LogP contribution in [0.15, 0.2) is 30.1 Å². The number of nitrogen functional groups attached to an aromatic ring is 1. The number of β-amino-alcohol motifs (C(OH)–C–C–N with tert-alkyl or cyclic N) is 4. The van der Waals surface area contributed by atoms with Crippen molar-refractivity contribution in [2.24, 2.45) is 23.7 Å². The molecule has 97 heavy (non-hydrogen) atoms. The molecule has 3 radical (unpaired) electrons. The fraction of sp³-hybridized carbons (Fsp3) is 0.614. The molecular weight excluding hydrogens is 1320 g/mol. The van der Waals surface area contributed by atoms with Crippen LogP contribution in [-0.4, -0.2) is 281 Å². The van der Waals surface area contributed by atoms with Gasteiger partial charge < -0.3 is 87.7 Å². The molecule has 0 amide bonds. The van der Waals surface area contributed by atoms with Crippen LogP contribution in [0.25, 0.3) is 44.1 Å². The molecule has 8 aromatic rings. The van der Waals surface area contributed by atoms with Crippen molar-refractivity contribution >= 4 is 89.5 Å². The first-order valence-electron chi connectivity index (χ1n) is 30.6. The smallest absolute Gasteiger partial charge is 0.512 e. The second-order valence-corrected chi connectivity index (χ2v) is 23.2. The molecule has 6 aliphatic rings. The van der Waals surface area contributed by atoms with Gasteiger partial charge in [-0.15, -0.1) is 24.8 Å². The van der Waals surface area contributed by atoms with E-state index >= 15 is 0 Å². The quantitative estimate of drug-likeness (QED) is 0.0259. The summed E-state index contributed by atoms with van der Waals surface area (Å²) in [4.78, 5) is 60.4. The minimum absolute atomic E-state index is 0. The van der Waals surface area contributed by atoms with E-state index in [9.17, 15) is 30.0 Å². The zero-order valence-corrected chi connectivity index (χ0v) is 57.7. The summed E-state index contributed by atoms with van der Waals surface area (Å²) in [5.41, 5.74) is 12.8. The van der Waals surface area contributed by atoms with Crippen LogP contribution < -0.4 is 55.6 Å². The van der Waals surface area contributed by atoms with Crippen molar-refractivity contribution in [3.05, 3.63) is 65.0 Å². The number of halogens is 2. The van der Waals surface area contributed by atoms with E-state index in [0.717, 1.165) is 80.6 Å². The van der Waals surface area contributed by atoms with Gasteiger partial charge in [-0.25, -0.2) is 34.3 Å². The number of hydrogen-bond donors (Lipinski definition) is 13. The number of aliphatic hydroxyl groups excluding tert-OH is 8. The number of hydrogen-bond acceptors (Lipinski definition) is 31. The summed E-state index contributed by atoms with van der Waals surface area (Å²) in [5, 5.41) is 107. The Morgan fingerprint density at radius 1 is 0.588 bits per heavy atom. The van der Waals surface area contributed by atoms with E-state index < -0.39 is 18.3 Å². The first-order valence-corrected chi connectivity index (χ1v) is 30.6. The van der Waals surface area contributed by atoms with Gasteiger partial charge in [0.1, 0.15) is 46.7 Å². The standard InChI is InChI=1S/C17H25N5O4.C12H14N4O3.C11H16N6O2.C11H15N5O3.C5H11NO2.CN.B.2ClH.Na/c1-25-17-16-15(18-10-19-17)12(7-21-6-11(9-23)13(24)8-21)22(20-16)14-4-2-3-5-26-14;1-18-12-11-10(13-7-14-12)8(6-17)16(15-11)9-4-2-3-5-19-9;12-11-10-9(13-5-14-11)7(15-16-10)2-17-1-6(4-18)8(19)3-17;17-4-6-1-16(3-8(6)18)2-7-9-10(15-14-7)11(19)13-5-12-9;7-3-4-1-6-2-5(4)8;1-2;;;;/h10-11,13-14,23-24H,2-9H2,1H3;6-7,9H,2-5H2,1H3;5-6,8,18-19H,1-4H2,(H,15,16)(H2,12,13,14);5-6,8,17-18H,1-4H2,(H,14,15)(H,12,13,19);4-8H,1-3H2;;;2*1H;/q;;;;;-1;;;;+1/t11-,13-,14?;;2*6-,8-;4-,5-;;;;;/m1.111...../s1. The van der Waals surface area contributed by atoms with E-state index in [4.69, 9.17) is 62.0 Å². The number of aromatic nitrogens is 16. The number of anilines is 1. The average Bonchev–Trinajstić information content (AvgIpc) is 1.64. The molecule has 8 aromatic heterocycles. The fourth-order valence-corrected chi connectivity index (χ4v) is 12.0. The number of likely N-dealkylation sites (tertiary alicyclic amines) is 3. The molecule has 40 heteroatoms. The molecular formula is C57H83BCl2N22NaO14. The summed E-state index contributed by atoms with van der Waals surface area (Å²) >= 11 is 0. The number of carbonyl (C=O) groups excluding carboxylic acids is 1. The number of nitrogens with one attached hydrogen (secondary N) is 4. The normalized spacial score (nSPS) is 23.8. The summed E-state index contributed by atoms with van der Waals surface area (Å²) in [6.07, 6.45) is 10.1. The second-order valence-electron chi connectivity index (χ2n) is 23.2. The van der Waals surface area contributed by atoms with Gasteiger partial charge in [0.2, 0.25) is 11.8 Å². The Morgan fingerprint density at radius 2 is 1.05 bits per heavy atom. The number of H-pyrrole nitrogens is 3. The van der Waals surface area contributed by atoms with E-state index in [1.807, 2.05) is 9.58 Å². The molecule has 0 spiro atoms. The average molecular weight is 1410 g/mol. The zero-order chi connectivity index (χ0) is 66.1. The summed E-state index contributed by atoms with van der Waals surface area (Å²) in [7, 11) is 3.08. The van der Waals surface area contributed by atoms with Gasteiger partial charge in [0.25, 0.3) is 5.56 Å². The maximum atomic E-state index is 11.5. The third-order valence-corrected chi connectivity index (χ3v) is 17.1. The molecule has 0 bridgehead atoms. The number of fused-ring (bicyclic) bond motifs is 4. The molecule has 523 valence electrons. The Bertz CT molecular complexity index is 3770. The number of aliphatic hydroxyl groups is 8. The van der Waals surface area contributed by atoms with Gasteiger partial charge in [0.15, 0.2) is 46.6 Å². The predicted molar refractivity (Wildman–Crippen MR) is 348 cm³/mol. The van der Waals surface area contributed by atoms with E-state index in [1.165, 1.54) is 32.4 Å². The number of methoxy groups -OCH3 is 2. The Morgan fingerprint density at radius 3 is 1.52 bits per heavy atom. The Kier molecular flexibility index (Phi) is 33.1. The molecule has 6 saturated heterocycles. The van der Waals surface area contributed by atoms with E-state index in [-0.39, 0.29) is 143 Å². The first kappa shape index (κ1) is 81.3. The van der Waals surface area contributed by atoms with Gasteiger partial charge in [0, 0.05) is 144 Å². The van der Waals surface area contributed by atoms with Gasteiger partial charge in [0.05, 0.1) is 62.0 Å². The number of carbonyl (C=O) groups is 1. The van der Waals surface area contributed by atoms with Crippen molar-refractivity contribution in [3.63, 3.8) is 0 Å². The maximum Gasteiger partial charge on any atom is 1.00 e. The molecule has 0 saturated carbocycles. The fourth-order valence-electron chi connectivity index (χ4n) is 12.0. The summed E-state index contributed by atoms with van der Waals surface area (Å²) in [6, 6.07) is 0. The predicted octanol–water partition coefficient (Wildman–Crippen LogP) is -5.06. The number of aromatic amines is 3. The van der Waals surface area contributed by atoms with Crippen molar-refractivity contribution in [1.82, 2.24) is 99.8 Å². The largest absolute Gasteiger partial charge is 1.00 e. The minimum Gasteiger partial charge on any atom is -0.512 e. The molecule has 6 fully saturated rings. The van der Waals surface area contributed by atoms with Crippen molar-refractivity contribution in [3.8, 4) is 11.8 Å². The number of nitrogens with two attached hydrogens (primary N) is 1. The molecule has 14 rings (SSSR count). The van der Waals surface area contributed by atoms with Crippen LogP contribution in [0, 0.1) is 35.5 Å². The molecule has 10 atom stereocenters. The monoisotopic (exact) mass is 1400 g/mol. The van der Waals surface area contributed by atoms with E-state index in [0.29, 0.717) is 128 Å². The van der Waals surface area contributed by atoms with Crippen LogP contribution >= 0.6 is 24.8 Å². The minimum atomic E-state index is -0.518. The van der Waals surface area contributed by atoms with Crippen LogP contribution in [-0.2, 0) is 29.1 Å².